The number of nitrogens with zero attached hydrogens (tertiary/aromatic N) is 2. The number of imide groups is 1. The van der Waals surface area contributed by atoms with E-state index in [9.17, 15) is 9.59 Å². The van der Waals surface area contributed by atoms with E-state index in [0.29, 0.717) is 32.0 Å². The van der Waals surface area contributed by atoms with Crippen LogP contribution in [0, 0.1) is 23.7 Å². The van der Waals surface area contributed by atoms with Crippen LogP contribution in [0.25, 0.3) is 0 Å². The minimum absolute atomic E-state index is 0.0261. The van der Waals surface area contributed by atoms with Gasteiger partial charge in [0.1, 0.15) is 6.10 Å². The number of aliphatic imine (C=N–C) groups is 1. The number of nitrogens with one attached hydrogen (secondary N) is 2. The third-order valence-electron chi connectivity index (χ3n) is 6.63. The van der Waals surface area contributed by atoms with Crippen LogP contribution in [-0.2, 0) is 14.3 Å². The molecule has 5 unspecified atom stereocenters. The molecule has 2 N–H and O–H groups in total. The van der Waals surface area contributed by atoms with Crippen LogP contribution in [0.3, 0.4) is 0 Å². The molecule has 7 heteroatoms. The zero-order valence-electron chi connectivity index (χ0n) is 18.3. The van der Waals surface area contributed by atoms with Crippen molar-refractivity contribution in [3.05, 3.63) is 48.0 Å². The SMILES string of the molecule is CCNC(=NCC(OC)c1ccccc1)NCCCN1C(=O)C2C3C=CC(C3)C2C1=O. The molecule has 166 valence electrons. The minimum Gasteiger partial charge on any atom is -0.375 e. The molecule has 2 amide bonds. The average Bonchev–Trinajstić information content (AvgIpc) is 3.47. The fraction of sp³-hybridized carbons (Fsp3) is 0.542. The Balaban J connectivity index is 1.27. The first-order valence-electron chi connectivity index (χ1n) is 11.3. The Morgan fingerprint density at radius 3 is 2.42 bits per heavy atom. The molecule has 1 aliphatic heterocycles. The number of ether oxygens (including phenoxy) is 1. The molecular weight excluding hydrogens is 392 g/mol. The summed E-state index contributed by atoms with van der Waals surface area (Å²) in [7, 11) is 1.69. The van der Waals surface area contributed by atoms with E-state index in [1.165, 1.54) is 4.90 Å². The lowest BCUT2D eigenvalue weighted by Gasteiger charge is -2.18. The van der Waals surface area contributed by atoms with Crippen molar-refractivity contribution in [2.75, 3.05) is 33.3 Å². The summed E-state index contributed by atoms with van der Waals surface area (Å²) in [4.78, 5) is 31.7. The molecule has 1 aromatic carbocycles. The van der Waals surface area contributed by atoms with Crippen molar-refractivity contribution in [3.63, 3.8) is 0 Å². The summed E-state index contributed by atoms with van der Waals surface area (Å²) in [6, 6.07) is 10.0. The lowest BCUT2D eigenvalue weighted by atomic mass is 9.85. The summed E-state index contributed by atoms with van der Waals surface area (Å²) < 4.78 is 5.59. The van der Waals surface area contributed by atoms with E-state index >= 15 is 0 Å². The molecule has 0 radical (unpaired) electrons. The summed E-state index contributed by atoms with van der Waals surface area (Å²) in [5.41, 5.74) is 1.09. The normalized spacial score (nSPS) is 27.7. The highest BCUT2D eigenvalue weighted by Gasteiger charge is 2.58. The van der Waals surface area contributed by atoms with Gasteiger partial charge in [0.15, 0.2) is 5.96 Å². The van der Waals surface area contributed by atoms with Crippen LogP contribution in [-0.4, -0.2) is 56.0 Å². The Kier molecular flexibility index (Phi) is 6.70. The maximum atomic E-state index is 12.8. The molecule has 1 saturated heterocycles. The van der Waals surface area contributed by atoms with Gasteiger partial charge in [0, 0.05) is 26.7 Å². The van der Waals surface area contributed by atoms with Crippen molar-refractivity contribution in [2.24, 2.45) is 28.7 Å². The lowest BCUT2D eigenvalue weighted by molar-refractivity contribution is -0.140. The van der Waals surface area contributed by atoms with Gasteiger partial charge in [0.25, 0.3) is 0 Å². The standard InChI is InChI=1S/C24H32N4O3/c1-3-25-24(27-15-19(31-2)16-8-5-4-6-9-16)26-12-7-13-28-22(29)20-17-10-11-18(14-17)21(20)23(28)30/h4-6,8-11,17-21H,3,7,12-15H2,1-2H3,(H2,25,26,27). The fourth-order valence-electron chi connectivity index (χ4n) is 5.13. The molecule has 4 rings (SSSR count). The molecule has 2 bridgehead atoms. The van der Waals surface area contributed by atoms with E-state index in [4.69, 9.17) is 4.74 Å². The van der Waals surface area contributed by atoms with Gasteiger partial charge in [-0.1, -0.05) is 42.5 Å². The second-order valence-electron chi connectivity index (χ2n) is 8.46. The number of amides is 2. The number of guanidine groups is 1. The minimum atomic E-state index is -0.113. The van der Waals surface area contributed by atoms with Crippen LogP contribution in [0.2, 0.25) is 0 Å². The molecule has 3 aliphatic rings. The van der Waals surface area contributed by atoms with Crippen molar-refractivity contribution in [1.29, 1.82) is 0 Å². The molecule has 1 saturated carbocycles. The topological polar surface area (TPSA) is 83.0 Å². The van der Waals surface area contributed by atoms with Crippen LogP contribution >= 0.6 is 0 Å². The van der Waals surface area contributed by atoms with Gasteiger partial charge in [-0.15, -0.1) is 0 Å². The van der Waals surface area contributed by atoms with Crippen molar-refractivity contribution >= 4 is 17.8 Å². The summed E-state index contributed by atoms with van der Waals surface area (Å²) in [5.74, 6) is 1.06. The molecule has 0 aromatic heterocycles. The zero-order valence-corrected chi connectivity index (χ0v) is 18.3. The van der Waals surface area contributed by atoms with E-state index in [-0.39, 0.29) is 41.6 Å². The molecule has 7 nitrogen and oxygen atoms in total. The molecule has 5 atom stereocenters. The fourth-order valence-corrected chi connectivity index (χ4v) is 5.13. The first-order valence-corrected chi connectivity index (χ1v) is 11.3. The molecule has 2 aliphatic carbocycles. The number of benzene rings is 1. The van der Waals surface area contributed by atoms with Crippen molar-refractivity contribution in [3.8, 4) is 0 Å². The van der Waals surface area contributed by atoms with Gasteiger partial charge in [0.2, 0.25) is 11.8 Å². The van der Waals surface area contributed by atoms with Gasteiger partial charge < -0.3 is 15.4 Å². The average molecular weight is 425 g/mol. The number of hydrogen-bond acceptors (Lipinski definition) is 4. The van der Waals surface area contributed by atoms with Crippen LogP contribution in [0.15, 0.2) is 47.5 Å². The summed E-state index contributed by atoms with van der Waals surface area (Å²) in [6.45, 7) is 4.35. The third-order valence-corrected chi connectivity index (χ3v) is 6.63. The first kappa shape index (κ1) is 21.6. The van der Waals surface area contributed by atoms with Crippen LogP contribution < -0.4 is 10.6 Å². The Hall–Kier alpha value is -2.67. The highest BCUT2D eigenvalue weighted by Crippen LogP contribution is 2.52. The van der Waals surface area contributed by atoms with Crippen LogP contribution in [0.1, 0.15) is 31.4 Å². The Bertz CT molecular complexity index is 824. The molecular formula is C24H32N4O3. The molecule has 31 heavy (non-hydrogen) atoms. The highest BCUT2D eigenvalue weighted by atomic mass is 16.5. The largest absolute Gasteiger partial charge is 0.375 e. The van der Waals surface area contributed by atoms with Gasteiger partial charge in [-0.25, -0.2) is 0 Å². The smallest absolute Gasteiger partial charge is 0.233 e. The summed E-state index contributed by atoms with van der Waals surface area (Å²) in [6.07, 6.45) is 5.81. The number of hydrogen-bond donors (Lipinski definition) is 2. The molecule has 1 heterocycles. The Morgan fingerprint density at radius 1 is 1.13 bits per heavy atom. The monoisotopic (exact) mass is 424 g/mol. The van der Waals surface area contributed by atoms with Crippen molar-refractivity contribution in [2.45, 2.75) is 25.9 Å². The van der Waals surface area contributed by atoms with Gasteiger partial charge in [-0.05, 0) is 37.2 Å². The molecule has 0 spiro atoms. The molecule has 1 aromatic rings. The van der Waals surface area contributed by atoms with E-state index in [1.54, 1.807) is 7.11 Å². The van der Waals surface area contributed by atoms with E-state index < -0.39 is 0 Å². The number of carbonyl (C=O) groups is 2. The zero-order chi connectivity index (χ0) is 21.8. The summed E-state index contributed by atoms with van der Waals surface area (Å²) in [5, 5.41) is 6.55. The number of allylic oxidation sites excluding steroid dienone is 2. The third kappa shape index (κ3) is 4.37. The number of carbonyl (C=O) groups excluding carboxylic acids is 2. The van der Waals surface area contributed by atoms with E-state index in [1.807, 2.05) is 37.3 Å². The maximum Gasteiger partial charge on any atom is 0.233 e. The predicted octanol–water partition coefficient (Wildman–Crippen LogP) is 2.13. The first-order chi connectivity index (χ1) is 15.1. The Morgan fingerprint density at radius 2 is 1.81 bits per heavy atom. The maximum absolute atomic E-state index is 12.8. The second kappa shape index (κ2) is 9.64. The van der Waals surface area contributed by atoms with E-state index in [2.05, 4.69) is 27.8 Å². The highest BCUT2D eigenvalue weighted by molar-refractivity contribution is 6.06. The quantitative estimate of drug-likeness (QED) is 0.209. The van der Waals surface area contributed by atoms with Gasteiger partial charge in [0.05, 0.1) is 18.4 Å². The van der Waals surface area contributed by atoms with Crippen molar-refractivity contribution in [1.82, 2.24) is 15.5 Å². The number of fused-ring (bicyclic) bond motifs is 5. The van der Waals surface area contributed by atoms with Gasteiger partial charge in [-0.2, -0.15) is 0 Å². The number of likely N-dealkylation sites (tertiary alicyclic amines) is 1. The summed E-state index contributed by atoms with van der Waals surface area (Å²) >= 11 is 0. The predicted molar refractivity (Wildman–Crippen MR) is 119 cm³/mol. The van der Waals surface area contributed by atoms with Gasteiger partial charge >= 0.3 is 0 Å². The molecule has 2 fully saturated rings. The van der Waals surface area contributed by atoms with Gasteiger partial charge in [-0.3, -0.25) is 19.5 Å². The van der Waals surface area contributed by atoms with Crippen LogP contribution in [0.4, 0.5) is 0 Å². The van der Waals surface area contributed by atoms with E-state index in [0.717, 1.165) is 18.5 Å². The second-order valence-corrected chi connectivity index (χ2v) is 8.46. The number of methoxy groups -OCH3 is 1. The number of rotatable bonds is 9. The Labute approximate surface area is 183 Å². The lowest BCUT2D eigenvalue weighted by Crippen LogP contribution is -2.40. The van der Waals surface area contributed by atoms with Crippen molar-refractivity contribution < 1.29 is 14.3 Å². The van der Waals surface area contributed by atoms with Crippen LogP contribution in [0.5, 0.6) is 0 Å².